The van der Waals surface area contributed by atoms with Crippen molar-refractivity contribution in [1.82, 2.24) is 4.31 Å². The number of ether oxygens (including phenoxy) is 1. The Kier molecular flexibility index (Phi) is 2.73. The summed E-state index contributed by atoms with van der Waals surface area (Å²) in [4.78, 5) is 0.386. The van der Waals surface area contributed by atoms with Crippen LogP contribution < -0.4 is 0 Å². The van der Waals surface area contributed by atoms with Crippen molar-refractivity contribution in [2.75, 3.05) is 7.11 Å². The van der Waals surface area contributed by atoms with Crippen LogP contribution in [-0.4, -0.2) is 38.0 Å². The van der Waals surface area contributed by atoms with E-state index in [9.17, 15) is 8.42 Å². The highest BCUT2D eigenvalue weighted by Crippen LogP contribution is 2.47. The molecule has 98 valence electrons. The minimum atomic E-state index is -3.33. The predicted molar refractivity (Wildman–Crippen MR) is 67.8 cm³/mol. The molecule has 0 bridgehead atoms. The number of rotatable bonds is 3. The number of hydrogen-bond acceptors (Lipinski definition) is 3. The van der Waals surface area contributed by atoms with Crippen LogP contribution in [0.15, 0.2) is 29.2 Å². The fourth-order valence-corrected chi connectivity index (χ4v) is 4.77. The van der Waals surface area contributed by atoms with Gasteiger partial charge in [-0.1, -0.05) is 17.7 Å². The summed E-state index contributed by atoms with van der Waals surface area (Å²) in [6.45, 7) is 1.95. The van der Waals surface area contributed by atoms with Crippen LogP contribution in [0.4, 0.5) is 0 Å². The van der Waals surface area contributed by atoms with E-state index in [0.29, 0.717) is 4.90 Å². The fourth-order valence-electron chi connectivity index (χ4n) is 2.92. The molecule has 1 aromatic rings. The molecule has 3 rings (SSSR count). The van der Waals surface area contributed by atoms with Crippen molar-refractivity contribution < 1.29 is 13.2 Å². The average Bonchev–Trinajstić information content (AvgIpc) is 2.94. The van der Waals surface area contributed by atoms with Crippen LogP contribution in [0.2, 0.25) is 0 Å². The molecule has 2 aliphatic rings. The smallest absolute Gasteiger partial charge is 0.243 e. The summed E-state index contributed by atoms with van der Waals surface area (Å²) in [5, 5.41) is 0. The Hall–Kier alpha value is -0.910. The van der Waals surface area contributed by atoms with E-state index in [-0.39, 0.29) is 18.2 Å². The van der Waals surface area contributed by atoms with Gasteiger partial charge in [-0.3, -0.25) is 0 Å². The molecule has 1 saturated heterocycles. The molecule has 5 heteroatoms. The Bertz CT molecular complexity index is 552. The van der Waals surface area contributed by atoms with Crippen molar-refractivity contribution in [1.29, 1.82) is 0 Å². The highest BCUT2D eigenvalue weighted by atomic mass is 32.2. The lowest BCUT2D eigenvalue weighted by molar-refractivity contribution is 0.0963. The zero-order valence-corrected chi connectivity index (χ0v) is 11.4. The lowest BCUT2D eigenvalue weighted by Crippen LogP contribution is -2.25. The molecule has 0 radical (unpaired) electrons. The van der Waals surface area contributed by atoms with Crippen LogP contribution in [-0.2, 0) is 14.8 Å². The van der Waals surface area contributed by atoms with E-state index < -0.39 is 10.0 Å². The highest BCUT2D eigenvalue weighted by molar-refractivity contribution is 7.89. The lowest BCUT2D eigenvalue weighted by Gasteiger charge is -2.14. The van der Waals surface area contributed by atoms with Crippen LogP contribution in [0.5, 0.6) is 0 Å². The Morgan fingerprint density at radius 2 is 1.89 bits per heavy atom. The first-order chi connectivity index (χ1) is 8.55. The Labute approximate surface area is 108 Å². The van der Waals surface area contributed by atoms with Gasteiger partial charge in [0.15, 0.2) is 0 Å². The van der Waals surface area contributed by atoms with Gasteiger partial charge < -0.3 is 4.74 Å². The molecule has 1 aliphatic carbocycles. The van der Waals surface area contributed by atoms with Crippen molar-refractivity contribution in [3.63, 3.8) is 0 Å². The molecule has 0 aromatic heterocycles. The summed E-state index contributed by atoms with van der Waals surface area (Å²) in [5.74, 6) is 0. The zero-order valence-electron chi connectivity index (χ0n) is 10.5. The number of benzene rings is 1. The number of piperidine rings is 1. The van der Waals surface area contributed by atoms with Crippen LogP contribution in [0.1, 0.15) is 18.4 Å². The molecule has 0 N–H and O–H groups in total. The first-order valence-electron chi connectivity index (χ1n) is 6.18. The summed E-state index contributed by atoms with van der Waals surface area (Å²) < 4.78 is 31.8. The molecule has 2 fully saturated rings. The molecular formula is C13H17NO3S. The monoisotopic (exact) mass is 267 g/mol. The first kappa shape index (κ1) is 12.1. The van der Waals surface area contributed by atoms with Crippen molar-refractivity contribution in [2.24, 2.45) is 0 Å². The van der Waals surface area contributed by atoms with Crippen molar-refractivity contribution in [2.45, 2.75) is 42.8 Å². The maximum atomic E-state index is 12.5. The summed E-state index contributed by atoms with van der Waals surface area (Å²) >= 11 is 0. The van der Waals surface area contributed by atoms with Crippen molar-refractivity contribution >= 4 is 10.0 Å². The number of nitrogens with zero attached hydrogens (tertiary/aromatic N) is 1. The topological polar surface area (TPSA) is 46.4 Å². The maximum absolute atomic E-state index is 12.5. The third kappa shape index (κ3) is 1.69. The molecule has 1 saturated carbocycles. The summed E-state index contributed by atoms with van der Waals surface area (Å²) in [6.07, 6.45) is 1.94. The van der Waals surface area contributed by atoms with E-state index in [1.807, 2.05) is 19.1 Å². The fraction of sp³-hybridized carbons (Fsp3) is 0.538. The molecule has 0 amide bonds. The van der Waals surface area contributed by atoms with Gasteiger partial charge in [-0.25, -0.2) is 8.42 Å². The van der Waals surface area contributed by atoms with Gasteiger partial charge in [0.2, 0.25) is 10.0 Å². The van der Waals surface area contributed by atoms with E-state index in [1.54, 1.807) is 23.5 Å². The third-order valence-corrected chi connectivity index (χ3v) is 5.89. The number of aryl methyl sites for hydroxylation is 1. The van der Waals surface area contributed by atoms with E-state index in [4.69, 9.17) is 4.74 Å². The Balaban J connectivity index is 1.87. The summed E-state index contributed by atoms with van der Waals surface area (Å²) in [5.41, 5.74) is 1.06. The van der Waals surface area contributed by atoms with E-state index in [2.05, 4.69) is 0 Å². The second-order valence-electron chi connectivity index (χ2n) is 5.06. The molecule has 1 heterocycles. The predicted octanol–water partition coefficient (Wildman–Crippen LogP) is 1.55. The van der Waals surface area contributed by atoms with Gasteiger partial charge in [-0.15, -0.1) is 0 Å². The van der Waals surface area contributed by atoms with Gasteiger partial charge >= 0.3 is 0 Å². The average molecular weight is 267 g/mol. The first-order valence-corrected chi connectivity index (χ1v) is 7.62. The number of sulfonamides is 1. The lowest BCUT2D eigenvalue weighted by atomic mass is 10.2. The molecule has 1 aliphatic heterocycles. The van der Waals surface area contributed by atoms with E-state index in [0.717, 1.165) is 18.4 Å². The standard InChI is InChI=1S/C13H17NO3S/c1-9-3-5-10(6-4-9)18(15,16)14-11-7-8-12(17-2)13(11)14/h3-6,11-13H,7-8H2,1-2H3/t11-,12-,13-,14?/m1/s1. The highest BCUT2D eigenvalue weighted by Gasteiger charge is 2.62. The SMILES string of the molecule is CO[C@@H]1CC[C@@H]2[C@H]1N2S(=O)(=O)c1ccc(C)cc1. The maximum Gasteiger partial charge on any atom is 0.243 e. The molecular weight excluding hydrogens is 250 g/mol. The van der Waals surface area contributed by atoms with Crippen LogP contribution >= 0.6 is 0 Å². The summed E-state index contributed by atoms with van der Waals surface area (Å²) in [6, 6.07) is 7.24. The van der Waals surface area contributed by atoms with Crippen LogP contribution in [0.25, 0.3) is 0 Å². The van der Waals surface area contributed by atoms with Crippen LogP contribution in [0, 0.1) is 6.92 Å². The summed E-state index contributed by atoms with van der Waals surface area (Å²) in [7, 11) is -1.68. The normalized spacial score (nSPS) is 34.3. The van der Waals surface area contributed by atoms with E-state index in [1.165, 1.54) is 0 Å². The molecule has 4 nitrogen and oxygen atoms in total. The zero-order chi connectivity index (χ0) is 12.9. The Morgan fingerprint density at radius 1 is 1.22 bits per heavy atom. The van der Waals surface area contributed by atoms with Gasteiger partial charge in [0.1, 0.15) is 0 Å². The Morgan fingerprint density at radius 3 is 2.50 bits per heavy atom. The van der Waals surface area contributed by atoms with Crippen molar-refractivity contribution in [3.8, 4) is 0 Å². The number of methoxy groups -OCH3 is 1. The van der Waals surface area contributed by atoms with Gasteiger partial charge in [0.05, 0.1) is 17.0 Å². The van der Waals surface area contributed by atoms with Gasteiger partial charge in [0, 0.05) is 13.2 Å². The quantitative estimate of drug-likeness (QED) is 0.781. The van der Waals surface area contributed by atoms with Gasteiger partial charge in [-0.2, -0.15) is 4.31 Å². The minimum Gasteiger partial charge on any atom is -0.380 e. The van der Waals surface area contributed by atoms with E-state index >= 15 is 0 Å². The molecule has 18 heavy (non-hydrogen) atoms. The molecule has 1 unspecified atom stereocenters. The van der Waals surface area contributed by atoms with Gasteiger partial charge in [-0.05, 0) is 31.9 Å². The number of fused-ring (bicyclic) bond motifs is 1. The largest absolute Gasteiger partial charge is 0.380 e. The third-order valence-electron chi connectivity index (χ3n) is 3.95. The second kappa shape index (κ2) is 4.05. The molecule has 0 spiro atoms. The number of hydrogen-bond donors (Lipinski definition) is 0. The van der Waals surface area contributed by atoms with Crippen molar-refractivity contribution in [3.05, 3.63) is 29.8 Å². The second-order valence-corrected chi connectivity index (χ2v) is 6.90. The minimum absolute atomic E-state index is 0.0568. The molecule has 1 aromatic carbocycles. The van der Waals surface area contributed by atoms with Crippen LogP contribution in [0.3, 0.4) is 0 Å². The van der Waals surface area contributed by atoms with Gasteiger partial charge in [0.25, 0.3) is 0 Å². The molecule has 4 atom stereocenters.